The van der Waals surface area contributed by atoms with Gasteiger partial charge in [0.05, 0.1) is 11.1 Å². The first-order chi connectivity index (χ1) is 7.31. The van der Waals surface area contributed by atoms with Crippen LogP contribution < -0.4 is 0 Å². The summed E-state index contributed by atoms with van der Waals surface area (Å²) in [6.07, 6.45) is 3.67. The first kappa shape index (κ1) is 10.2. The van der Waals surface area contributed by atoms with E-state index < -0.39 is 0 Å². The summed E-state index contributed by atoms with van der Waals surface area (Å²) in [6.45, 7) is 0.441. The van der Waals surface area contributed by atoms with Crippen molar-refractivity contribution in [3.8, 4) is 11.8 Å². The Balaban J connectivity index is 2.42. The monoisotopic (exact) mass is 264 g/mol. The van der Waals surface area contributed by atoms with Crippen LogP contribution in [0.1, 0.15) is 5.56 Å². The largest absolute Gasteiger partial charge is 0.372 e. The molecule has 0 bridgehead atoms. The zero-order valence-electron chi connectivity index (χ0n) is 8.17. The maximum absolute atomic E-state index is 4.86. The minimum absolute atomic E-state index is 0.441. The van der Waals surface area contributed by atoms with Crippen LogP contribution in [0.4, 0.5) is 0 Å². The molecule has 0 aromatic carbocycles. The summed E-state index contributed by atoms with van der Waals surface area (Å²) in [6, 6.07) is 1.93. The van der Waals surface area contributed by atoms with Gasteiger partial charge in [-0.2, -0.15) is 0 Å². The molecular formula is C11H9BrN2O. The Kier molecular flexibility index (Phi) is 3.05. The molecule has 0 fully saturated rings. The van der Waals surface area contributed by atoms with Crippen LogP contribution in [0.15, 0.2) is 23.1 Å². The second-order valence-electron chi connectivity index (χ2n) is 2.99. The minimum Gasteiger partial charge on any atom is -0.372 e. The van der Waals surface area contributed by atoms with Crippen LogP contribution in [-0.4, -0.2) is 23.7 Å². The van der Waals surface area contributed by atoms with Gasteiger partial charge in [-0.05, 0) is 22.0 Å². The van der Waals surface area contributed by atoms with Crippen LogP contribution in [0.2, 0.25) is 0 Å². The molecule has 15 heavy (non-hydrogen) atoms. The highest BCUT2D eigenvalue weighted by molar-refractivity contribution is 9.10. The fourth-order valence-electron chi connectivity index (χ4n) is 1.30. The third kappa shape index (κ3) is 2.20. The lowest BCUT2D eigenvalue weighted by molar-refractivity contribution is 0.240. The number of nitrogens with zero attached hydrogens (tertiary/aromatic N) is 1. The molecule has 0 aliphatic carbocycles. The third-order valence-corrected chi connectivity index (χ3v) is 2.41. The fraction of sp³-hybridized carbons (Fsp3) is 0.182. The van der Waals surface area contributed by atoms with Gasteiger partial charge >= 0.3 is 0 Å². The Morgan fingerprint density at radius 3 is 3.27 bits per heavy atom. The Bertz CT molecular complexity index is 536. The van der Waals surface area contributed by atoms with E-state index in [-0.39, 0.29) is 0 Å². The van der Waals surface area contributed by atoms with E-state index in [0.717, 1.165) is 21.1 Å². The first-order valence-corrected chi connectivity index (χ1v) is 5.21. The zero-order valence-corrected chi connectivity index (χ0v) is 9.76. The van der Waals surface area contributed by atoms with Crippen LogP contribution in [0.3, 0.4) is 0 Å². The molecular weight excluding hydrogens is 256 g/mol. The lowest BCUT2D eigenvalue weighted by Crippen LogP contribution is -1.81. The van der Waals surface area contributed by atoms with E-state index in [9.17, 15) is 0 Å². The highest BCUT2D eigenvalue weighted by Gasteiger charge is 2.01. The maximum Gasteiger partial charge on any atom is 0.108 e. The molecule has 2 rings (SSSR count). The van der Waals surface area contributed by atoms with Crippen molar-refractivity contribution in [2.45, 2.75) is 0 Å². The Hall–Kier alpha value is -1.31. The van der Waals surface area contributed by atoms with Gasteiger partial charge in [-0.3, -0.25) is 0 Å². The van der Waals surface area contributed by atoms with Gasteiger partial charge in [0.25, 0.3) is 0 Å². The van der Waals surface area contributed by atoms with E-state index in [1.807, 2.05) is 12.3 Å². The van der Waals surface area contributed by atoms with Crippen LogP contribution in [0, 0.1) is 11.8 Å². The number of halogens is 1. The summed E-state index contributed by atoms with van der Waals surface area (Å²) in [5.74, 6) is 5.94. The lowest BCUT2D eigenvalue weighted by Gasteiger charge is -1.90. The normalized spacial score (nSPS) is 10.0. The van der Waals surface area contributed by atoms with Crippen LogP contribution in [-0.2, 0) is 4.74 Å². The van der Waals surface area contributed by atoms with Crippen molar-refractivity contribution in [1.82, 2.24) is 9.97 Å². The lowest BCUT2D eigenvalue weighted by atomic mass is 10.2. The minimum atomic E-state index is 0.441. The Morgan fingerprint density at radius 1 is 1.60 bits per heavy atom. The van der Waals surface area contributed by atoms with Crippen LogP contribution >= 0.6 is 15.9 Å². The fourth-order valence-corrected chi connectivity index (χ4v) is 1.63. The highest BCUT2D eigenvalue weighted by Crippen LogP contribution is 2.19. The number of methoxy groups -OCH3 is 1. The second kappa shape index (κ2) is 4.47. The number of ether oxygens (including phenoxy) is 1. The van der Waals surface area contributed by atoms with Gasteiger partial charge in [-0.1, -0.05) is 11.8 Å². The van der Waals surface area contributed by atoms with Crippen molar-refractivity contribution in [3.63, 3.8) is 0 Å². The van der Waals surface area contributed by atoms with E-state index >= 15 is 0 Å². The number of hydrogen-bond acceptors (Lipinski definition) is 2. The van der Waals surface area contributed by atoms with E-state index in [4.69, 9.17) is 4.74 Å². The van der Waals surface area contributed by atoms with E-state index in [0.29, 0.717) is 6.61 Å². The number of hydrogen-bond donors (Lipinski definition) is 1. The highest BCUT2D eigenvalue weighted by atomic mass is 79.9. The number of fused-ring (bicyclic) bond motifs is 1. The van der Waals surface area contributed by atoms with Crippen molar-refractivity contribution < 1.29 is 4.74 Å². The van der Waals surface area contributed by atoms with Crippen LogP contribution in [0.25, 0.3) is 10.9 Å². The first-order valence-electron chi connectivity index (χ1n) is 4.41. The second-order valence-corrected chi connectivity index (χ2v) is 3.80. The molecule has 0 unspecified atom stereocenters. The topological polar surface area (TPSA) is 37.9 Å². The SMILES string of the molecule is COCC#Cc1c[nH]c2cc(Br)ncc12. The molecule has 0 aliphatic rings. The molecule has 0 saturated carbocycles. The maximum atomic E-state index is 4.86. The number of rotatable bonds is 1. The molecule has 2 heterocycles. The summed E-state index contributed by atoms with van der Waals surface area (Å²) < 4.78 is 5.68. The predicted octanol–water partition coefficient (Wildman–Crippen LogP) is 2.32. The number of pyridine rings is 1. The van der Waals surface area contributed by atoms with Gasteiger partial charge < -0.3 is 9.72 Å². The molecule has 4 heteroatoms. The summed E-state index contributed by atoms with van der Waals surface area (Å²) in [5.41, 5.74) is 1.97. The summed E-state index contributed by atoms with van der Waals surface area (Å²) in [5, 5.41) is 1.03. The standard InChI is InChI=1S/C11H9BrN2O/c1-15-4-2-3-8-6-13-10-5-11(12)14-7-9(8)10/h5-7,13H,4H2,1H3. The summed E-state index contributed by atoms with van der Waals surface area (Å²) in [4.78, 5) is 7.31. The Labute approximate surface area is 96.0 Å². The van der Waals surface area contributed by atoms with Crippen molar-refractivity contribution in [1.29, 1.82) is 0 Å². The molecule has 76 valence electrons. The number of aromatic amines is 1. The number of nitrogens with one attached hydrogen (secondary N) is 1. The van der Waals surface area contributed by atoms with E-state index in [1.165, 1.54) is 0 Å². The molecule has 0 spiro atoms. The van der Waals surface area contributed by atoms with Crippen molar-refractivity contribution in [3.05, 3.63) is 28.6 Å². The molecule has 2 aromatic heterocycles. The number of aromatic nitrogens is 2. The average Bonchev–Trinajstić information content (AvgIpc) is 2.61. The van der Waals surface area contributed by atoms with Crippen molar-refractivity contribution >= 4 is 26.8 Å². The van der Waals surface area contributed by atoms with Gasteiger partial charge in [0.1, 0.15) is 11.2 Å². The van der Waals surface area contributed by atoms with Crippen molar-refractivity contribution in [2.75, 3.05) is 13.7 Å². The predicted molar refractivity (Wildman–Crippen MR) is 62.5 cm³/mol. The molecule has 3 nitrogen and oxygen atoms in total. The van der Waals surface area contributed by atoms with Gasteiger partial charge in [0.15, 0.2) is 0 Å². The van der Waals surface area contributed by atoms with Gasteiger partial charge in [0.2, 0.25) is 0 Å². The zero-order chi connectivity index (χ0) is 10.7. The Morgan fingerprint density at radius 2 is 2.47 bits per heavy atom. The molecule has 0 amide bonds. The molecule has 2 aromatic rings. The quantitative estimate of drug-likeness (QED) is 0.634. The van der Waals surface area contributed by atoms with Gasteiger partial charge in [0, 0.05) is 24.9 Å². The van der Waals surface area contributed by atoms with Crippen molar-refractivity contribution in [2.24, 2.45) is 0 Å². The van der Waals surface area contributed by atoms with Crippen LogP contribution in [0.5, 0.6) is 0 Å². The molecule has 0 radical (unpaired) electrons. The van der Waals surface area contributed by atoms with Gasteiger partial charge in [-0.25, -0.2) is 4.98 Å². The van der Waals surface area contributed by atoms with Gasteiger partial charge in [-0.15, -0.1) is 0 Å². The third-order valence-electron chi connectivity index (χ3n) is 1.97. The van der Waals surface area contributed by atoms with E-state index in [1.54, 1.807) is 13.3 Å². The molecule has 0 saturated heterocycles. The van der Waals surface area contributed by atoms with E-state index in [2.05, 4.69) is 37.7 Å². The summed E-state index contributed by atoms with van der Waals surface area (Å²) >= 11 is 3.32. The smallest absolute Gasteiger partial charge is 0.108 e. The molecule has 1 N–H and O–H groups in total. The molecule has 0 aliphatic heterocycles. The average molecular weight is 265 g/mol. The summed E-state index contributed by atoms with van der Waals surface area (Å²) in [7, 11) is 1.63. The molecule has 0 atom stereocenters. The number of H-pyrrole nitrogens is 1.